The van der Waals surface area contributed by atoms with E-state index in [9.17, 15) is 0 Å². The first-order valence-electron chi connectivity index (χ1n) is 6.61. The highest BCUT2D eigenvalue weighted by molar-refractivity contribution is 6.33. The number of anilines is 1. The first-order valence-corrected chi connectivity index (χ1v) is 6.99. The van der Waals surface area contributed by atoms with Crippen molar-refractivity contribution in [1.29, 1.82) is 0 Å². The Morgan fingerprint density at radius 2 is 2.06 bits per heavy atom. The van der Waals surface area contributed by atoms with Crippen LogP contribution in [0.4, 0.5) is 5.69 Å². The van der Waals surface area contributed by atoms with E-state index < -0.39 is 0 Å². The van der Waals surface area contributed by atoms with Crippen molar-refractivity contribution in [2.75, 3.05) is 11.9 Å². The monoisotopic (exact) mass is 266 g/mol. The molecule has 100 valence electrons. The number of benzene rings is 1. The van der Waals surface area contributed by atoms with E-state index in [-0.39, 0.29) is 5.54 Å². The number of nitrogens with one attached hydrogen (secondary N) is 1. The van der Waals surface area contributed by atoms with Crippen molar-refractivity contribution in [2.45, 2.75) is 39.2 Å². The molecule has 0 radical (unpaired) electrons. The van der Waals surface area contributed by atoms with Gasteiger partial charge in [-0.1, -0.05) is 44.5 Å². The Labute approximate surface area is 115 Å². The summed E-state index contributed by atoms with van der Waals surface area (Å²) in [6, 6.07) is 7.89. The summed E-state index contributed by atoms with van der Waals surface area (Å²) in [6.45, 7) is 7.55. The molecular weight excluding hydrogens is 244 g/mol. The van der Waals surface area contributed by atoms with Gasteiger partial charge in [0.05, 0.1) is 16.2 Å². The fourth-order valence-electron chi connectivity index (χ4n) is 3.45. The standard InChI is InChI=1S/C15H23ClN2/c1-11-8-14(2,3)9-15(11,10-17)18-13-7-5-4-6-12(13)16/h4-7,11,18H,8-10,17H2,1-3H3. The Hall–Kier alpha value is -0.730. The second-order valence-electron chi connectivity index (χ2n) is 6.41. The Bertz CT molecular complexity index is 430. The molecule has 1 aliphatic rings. The van der Waals surface area contributed by atoms with Crippen molar-refractivity contribution in [3.05, 3.63) is 29.3 Å². The van der Waals surface area contributed by atoms with Gasteiger partial charge >= 0.3 is 0 Å². The number of para-hydroxylation sites is 1. The summed E-state index contributed by atoms with van der Waals surface area (Å²) in [5, 5.41) is 4.39. The van der Waals surface area contributed by atoms with Gasteiger partial charge in [-0.2, -0.15) is 0 Å². The molecule has 1 saturated carbocycles. The zero-order valence-electron chi connectivity index (χ0n) is 11.5. The summed E-state index contributed by atoms with van der Waals surface area (Å²) in [5.41, 5.74) is 7.37. The average molecular weight is 267 g/mol. The molecule has 0 amide bonds. The molecule has 3 N–H and O–H groups in total. The molecule has 0 aromatic heterocycles. The summed E-state index contributed by atoms with van der Waals surface area (Å²) in [5.74, 6) is 0.550. The van der Waals surface area contributed by atoms with Crippen LogP contribution >= 0.6 is 11.6 Å². The molecule has 0 spiro atoms. The lowest BCUT2D eigenvalue weighted by atomic mass is 9.86. The molecule has 0 heterocycles. The molecule has 3 heteroatoms. The van der Waals surface area contributed by atoms with Crippen molar-refractivity contribution in [1.82, 2.24) is 0 Å². The highest BCUT2D eigenvalue weighted by Gasteiger charge is 2.47. The van der Waals surface area contributed by atoms with Crippen molar-refractivity contribution < 1.29 is 0 Å². The van der Waals surface area contributed by atoms with Gasteiger partial charge in [-0.3, -0.25) is 0 Å². The molecule has 2 nitrogen and oxygen atoms in total. The van der Waals surface area contributed by atoms with Gasteiger partial charge in [-0.25, -0.2) is 0 Å². The van der Waals surface area contributed by atoms with Gasteiger partial charge < -0.3 is 11.1 Å². The quantitative estimate of drug-likeness (QED) is 0.871. The third-order valence-electron chi connectivity index (χ3n) is 4.22. The fraction of sp³-hybridized carbons (Fsp3) is 0.600. The molecule has 2 rings (SSSR count). The summed E-state index contributed by atoms with van der Waals surface area (Å²) in [6.07, 6.45) is 2.28. The van der Waals surface area contributed by atoms with Gasteiger partial charge in [0.2, 0.25) is 0 Å². The Morgan fingerprint density at radius 3 is 2.56 bits per heavy atom. The number of hydrogen-bond acceptors (Lipinski definition) is 2. The van der Waals surface area contributed by atoms with Crippen LogP contribution in [-0.2, 0) is 0 Å². The Morgan fingerprint density at radius 1 is 1.39 bits per heavy atom. The number of hydrogen-bond donors (Lipinski definition) is 2. The zero-order valence-corrected chi connectivity index (χ0v) is 12.2. The molecule has 2 unspecified atom stereocenters. The maximum absolute atomic E-state index is 6.24. The van der Waals surface area contributed by atoms with Crippen LogP contribution in [0.5, 0.6) is 0 Å². The van der Waals surface area contributed by atoms with Crippen LogP contribution in [0.3, 0.4) is 0 Å². The molecule has 1 fully saturated rings. The topological polar surface area (TPSA) is 38.0 Å². The summed E-state index contributed by atoms with van der Waals surface area (Å²) >= 11 is 6.24. The molecule has 0 saturated heterocycles. The normalized spacial score (nSPS) is 30.4. The highest BCUT2D eigenvalue weighted by atomic mass is 35.5. The smallest absolute Gasteiger partial charge is 0.0637 e. The van der Waals surface area contributed by atoms with E-state index in [0.717, 1.165) is 17.1 Å². The Balaban J connectivity index is 2.27. The van der Waals surface area contributed by atoms with Crippen molar-refractivity contribution >= 4 is 17.3 Å². The van der Waals surface area contributed by atoms with E-state index in [1.165, 1.54) is 6.42 Å². The molecule has 18 heavy (non-hydrogen) atoms. The minimum atomic E-state index is -0.0332. The third-order valence-corrected chi connectivity index (χ3v) is 4.55. The second-order valence-corrected chi connectivity index (χ2v) is 6.82. The van der Waals surface area contributed by atoms with Crippen molar-refractivity contribution in [3.63, 3.8) is 0 Å². The largest absolute Gasteiger partial charge is 0.377 e. The van der Waals surface area contributed by atoms with E-state index in [1.807, 2.05) is 24.3 Å². The maximum Gasteiger partial charge on any atom is 0.0637 e. The lowest BCUT2D eigenvalue weighted by Gasteiger charge is -2.35. The molecular formula is C15H23ClN2. The summed E-state index contributed by atoms with van der Waals surface area (Å²) in [7, 11) is 0. The van der Waals surface area contributed by atoms with E-state index in [4.69, 9.17) is 17.3 Å². The van der Waals surface area contributed by atoms with Crippen LogP contribution in [0.1, 0.15) is 33.6 Å². The van der Waals surface area contributed by atoms with E-state index in [0.29, 0.717) is 17.9 Å². The van der Waals surface area contributed by atoms with Crippen LogP contribution in [0.25, 0.3) is 0 Å². The minimum absolute atomic E-state index is 0.0332. The van der Waals surface area contributed by atoms with Gasteiger partial charge in [-0.15, -0.1) is 0 Å². The second kappa shape index (κ2) is 4.75. The number of rotatable bonds is 3. The molecule has 0 aliphatic heterocycles. The lowest BCUT2D eigenvalue weighted by molar-refractivity contribution is 0.350. The third kappa shape index (κ3) is 2.50. The van der Waals surface area contributed by atoms with Crippen LogP contribution in [0.15, 0.2) is 24.3 Å². The summed E-state index contributed by atoms with van der Waals surface area (Å²) < 4.78 is 0. The van der Waals surface area contributed by atoms with Gasteiger partial charge in [0.15, 0.2) is 0 Å². The van der Waals surface area contributed by atoms with E-state index >= 15 is 0 Å². The highest BCUT2D eigenvalue weighted by Crippen LogP contribution is 2.48. The predicted octanol–water partition coefficient (Wildman–Crippen LogP) is 3.91. The fourth-order valence-corrected chi connectivity index (χ4v) is 3.63. The SMILES string of the molecule is CC1CC(C)(C)CC1(CN)Nc1ccccc1Cl. The van der Waals surface area contributed by atoms with Crippen LogP contribution in [-0.4, -0.2) is 12.1 Å². The van der Waals surface area contributed by atoms with Gasteiger partial charge in [0, 0.05) is 6.54 Å². The lowest BCUT2D eigenvalue weighted by Crippen LogP contribution is -2.48. The first kappa shape index (κ1) is 13.7. The van der Waals surface area contributed by atoms with Crippen LogP contribution in [0.2, 0.25) is 5.02 Å². The number of nitrogens with two attached hydrogens (primary N) is 1. The Kier molecular flexibility index (Phi) is 3.61. The number of halogens is 1. The van der Waals surface area contributed by atoms with E-state index in [2.05, 4.69) is 26.1 Å². The molecule has 1 aromatic carbocycles. The first-order chi connectivity index (χ1) is 8.38. The van der Waals surface area contributed by atoms with Gasteiger partial charge in [0.25, 0.3) is 0 Å². The van der Waals surface area contributed by atoms with Crippen LogP contribution < -0.4 is 11.1 Å². The molecule has 0 bridgehead atoms. The van der Waals surface area contributed by atoms with Crippen LogP contribution in [0, 0.1) is 11.3 Å². The molecule has 1 aliphatic carbocycles. The van der Waals surface area contributed by atoms with Crippen molar-refractivity contribution in [2.24, 2.45) is 17.1 Å². The zero-order chi connectivity index (χ0) is 13.4. The average Bonchev–Trinajstić information content (AvgIpc) is 2.52. The molecule has 2 atom stereocenters. The maximum atomic E-state index is 6.24. The van der Waals surface area contributed by atoms with Crippen molar-refractivity contribution in [3.8, 4) is 0 Å². The predicted molar refractivity (Wildman–Crippen MR) is 79.0 cm³/mol. The van der Waals surface area contributed by atoms with Gasteiger partial charge in [0.1, 0.15) is 0 Å². The van der Waals surface area contributed by atoms with E-state index in [1.54, 1.807) is 0 Å². The molecule has 1 aromatic rings. The van der Waals surface area contributed by atoms with Gasteiger partial charge in [-0.05, 0) is 36.3 Å². The minimum Gasteiger partial charge on any atom is -0.377 e. The summed E-state index contributed by atoms with van der Waals surface area (Å²) in [4.78, 5) is 0.